The first-order chi connectivity index (χ1) is 10.6. The van der Waals surface area contributed by atoms with Crippen molar-refractivity contribution >= 4 is 17.4 Å². The molecule has 22 heavy (non-hydrogen) atoms. The number of aryl methyl sites for hydroxylation is 1. The maximum atomic E-state index is 13.4. The van der Waals surface area contributed by atoms with Crippen LogP contribution in [0.15, 0.2) is 18.2 Å². The number of alkyl halides is 2. The molecular weight excluding hydrogens is 290 g/mol. The van der Waals surface area contributed by atoms with E-state index in [0.29, 0.717) is 18.5 Å². The lowest BCUT2D eigenvalue weighted by Crippen LogP contribution is -2.33. The van der Waals surface area contributed by atoms with Gasteiger partial charge in [-0.05, 0) is 48.1 Å². The number of hydrogen-bond donors (Lipinski definition) is 2. The minimum Gasteiger partial charge on any atom is -0.465 e. The number of fused-ring (bicyclic) bond motifs is 1. The van der Waals surface area contributed by atoms with Crippen LogP contribution in [0.3, 0.4) is 0 Å². The molecule has 0 aromatic heterocycles. The van der Waals surface area contributed by atoms with E-state index in [9.17, 15) is 13.6 Å². The van der Waals surface area contributed by atoms with Crippen LogP contribution in [0.2, 0.25) is 0 Å². The number of amides is 1. The van der Waals surface area contributed by atoms with Gasteiger partial charge in [0.2, 0.25) is 0 Å². The molecule has 0 radical (unpaired) electrons. The van der Waals surface area contributed by atoms with E-state index < -0.39 is 12.5 Å². The summed E-state index contributed by atoms with van der Waals surface area (Å²) in [5.41, 5.74) is 3.29. The highest BCUT2D eigenvalue weighted by Gasteiger charge is 2.23. The molecule has 2 aliphatic rings. The molecule has 0 saturated heterocycles. The van der Waals surface area contributed by atoms with E-state index in [-0.39, 0.29) is 12.1 Å². The Balaban J connectivity index is 1.97. The molecule has 0 atom stereocenters. The van der Waals surface area contributed by atoms with Crippen molar-refractivity contribution in [1.82, 2.24) is 4.90 Å². The Morgan fingerprint density at radius 2 is 2.14 bits per heavy atom. The average Bonchev–Trinajstić information content (AvgIpc) is 2.53. The predicted molar refractivity (Wildman–Crippen MR) is 80.4 cm³/mol. The summed E-state index contributed by atoms with van der Waals surface area (Å²) in [6.45, 7) is 1.41. The lowest BCUT2D eigenvalue weighted by atomic mass is 9.90. The van der Waals surface area contributed by atoms with Crippen LogP contribution in [0.25, 0.3) is 5.57 Å². The van der Waals surface area contributed by atoms with Crippen molar-refractivity contribution in [2.24, 2.45) is 0 Å². The van der Waals surface area contributed by atoms with Gasteiger partial charge >= 0.3 is 6.09 Å². The number of carbonyl (C=O) groups is 1. The highest BCUT2D eigenvalue weighted by atomic mass is 19.3. The van der Waals surface area contributed by atoms with E-state index >= 15 is 0 Å². The second kappa shape index (κ2) is 5.94. The van der Waals surface area contributed by atoms with Gasteiger partial charge in [-0.25, -0.2) is 13.6 Å². The molecule has 6 heteroatoms. The molecule has 1 amide bonds. The van der Waals surface area contributed by atoms with Crippen molar-refractivity contribution in [3.63, 3.8) is 0 Å². The van der Waals surface area contributed by atoms with Crippen molar-refractivity contribution in [2.45, 2.75) is 25.7 Å². The Labute approximate surface area is 127 Å². The summed E-state index contributed by atoms with van der Waals surface area (Å²) in [6, 6.07) is 3.41. The van der Waals surface area contributed by atoms with Gasteiger partial charge in [0.05, 0.1) is 0 Å². The van der Waals surface area contributed by atoms with Crippen LogP contribution in [0.5, 0.6) is 0 Å². The number of halogens is 2. The zero-order chi connectivity index (χ0) is 15.7. The largest absolute Gasteiger partial charge is 0.465 e. The first kappa shape index (κ1) is 14.8. The van der Waals surface area contributed by atoms with Gasteiger partial charge in [-0.15, -0.1) is 0 Å². The van der Waals surface area contributed by atoms with E-state index in [1.807, 2.05) is 6.07 Å². The Morgan fingerprint density at radius 1 is 1.32 bits per heavy atom. The maximum Gasteiger partial charge on any atom is 0.407 e. The third-order valence-electron chi connectivity index (χ3n) is 4.27. The summed E-state index contributed by atoms with van der Waals surface area (Å²) in [5, 5.41) is 12.1. The first-order valence-electron chi connectivity index (χ1n) is 7.42. The molecule has 0 spiro atoms. The van der Waals surface area contributed by atoms with Crippen LogP contribution in [-0.2, 0) is 6.42 Å². The normalized spacial score (nSPS) is 17.8. The molecule has 2 aliphatic heterocycles. The smallest absolute Gasteiger partial charge is 0.407 e. The summed E-state index contributed by atoms with van der Waals surface area (Å²) in [6.07, 6.45) is 0.584. The van der Waals surface area contributed by atoms with Crippen molar-refractivity contribution in [1.29, 1.82) is 0 Å². The second-order valence-corrected chi connectivity index (χ2v) is 5.64. The van der Waals surface area contributed by atoms with Crippen LogP contribution in [0.4, 0.5) is 19.3 Å². The molecule has 1 aromatic carbocycles. The fourth-order valence-corrected chi connectivity index (χ4v) is 3.08. The first-order valence-corrected chi connectivity index (χ1v) is 7.42. The number of rotatable bonds is 2. The SMILES string of the molecule is O=C(O)N1CC=C(c2cc3c(cc2C(F)F)NCCC3)CC1. The Hall–Kier alpha value is -2.11. The topological polar surface area (TPSA) is 52.6 Å². The number of nitrogens with one attached hydrogen (secondary N) is 1. The van der Waals surface area contributed by atoms with E-state index in [2.05, 4.69) is 5.32 Å². The van der Waals surface area contributed by atoms with Crippen LogP contribution in [0.1, 0.15) is 36.0 Å². The van der Waals surface area contributed by atoms with Crippen LogP contribution >= 0.6 is 0 Å². The molecule has 0 bridgehead atoms. The van der Waals surface area contributed by atoms with Gasteiger partial charge in [-0.1, -0.05) is 6.08 Å². The van der Waals surface area contributed by atoms with Crippen LogP contribution in [-0.4, -0.2) is 35.7 Å². The summed E-state index contributed by atoms with van der Waals surface area (Å²) in [7, 11) is 0. The average molecular weight is 308 g/mol. The zero-order valence-electron chi connectivity index (χ0n) is 12.1. The third-order valence-corrected chi connectivity index (χ3v) is 4.27. The lowest BCUT2D eigenvalue weighted by molar-refractivity contribution is 0.148. The van der Waals surface area contributed by atoms with Crippen molar-refractivity contribution < 1.29 is 18.7 Å². The molecule has 0 saturated carbocycles. The monoisotopic (exact) mass is 308 g/mol. The van der Waals surface area contributed by atoms with Gasteiger partial charge in [0.15, 0.2) is 0 Å². The summed E-state index contributed by atoms with van der Waals surface area (Å²) in [5.74, 6) is 0. The molecule has 0 fully saturated rings. The van der Waals surface area contributed by atoms with Gasteiger partial charge in [0.1, 0.15) is 0 Å². The lowest BCUT2D eigenvalue weighted by Gasteiger charge is -2.26. The van der Waals surface area contributed by atoms with Crippen LogP contribution in [0, 0.1) is 0 Å². The van der Waals surface area contributed by atoms with Crippen molar-refractivity contribution in [3.05, 3.63) is 34.9 Å². The Morgan fingerprint density at radius 3 is 2.77 bits per heavy atom. The Bertz CT molecular complexity index is 629. The second-order valence-electron chi connectivity index (χ2n) is 5.64. The number of anilines is 1. The third kappa shape index (κ3) is 2.77. The summed E-state index contributed by atoms with van der Waals surface area (Å²) in [4.78, 5) is 12.2. The molecule has 3 rings (SSSR count). The molecule has 2 heterocycles. The van der Waals surface area contributed by atoms with Gasteiger partial charge in [-0.2, -0.15) is 0 Å². The van der Waals surface area contributed by atoms with Crippen LogP contribution < -0.4 is 5.32 Å². The molecule has 0 aliphatic carbocycles. The van der Waals surface area contributed by atoms with Crippen molar-refractivity contribution in [2.75, 3.05) is 25.0 Å². The highest BCUT2D eigenvalue weighted by molar-refractivity contribution is 5.75. The van der Waals surface area contributed by atoms with Gasteiger partial charge < -0.3 is 15.3 Å². The van der Waals surface area contributed by atoms with Gasteiger partial charge in [0.25, 0.3) is 6.43 Å². The van der Waals surface area contributed by atoms with Crippen molar-refractivity contribution in [3.8, 4) is 0 Å². The minimum absolute atomic E-state index is 0.0307. The summed E-state index contributed by atoms with van der Waals surface area (Å²) >= 11 is 0. The fourth-order valence-electron chi connectivity index (χ4n) is 3.08. The quantitative estimate of drug-likeness (QED) is 0.875. The standard InChI is InChI=1S/C16H18F2N2O2/c17-15(18)13-9-14-11(2-1-5-19-14)8-12(13)10-3-6-20(7-4-10)16(21)22/h3,8-9,15,19H,1-2,4-7H2,(H,21,22). The highest BCUT2D eigenvalue weighted by Crippen LogP contribution is 2.36. The number of carboxylic acid groups (broad SMARTS) is 1. The van der Waals surface area contributed by atoms with E-state index in [1.165, 1.54) is 4.90 Å². The number of nitrogens with zero attached hydrogens (tertiary/aromatic N) is 1. The predicted octanol–water partition coefficient (Wildman–Crippen LogP) is 3.75. The van der Waals surface area contributed by atoms with Gasteiger partial charge in [-0.3, -0.25) is 0 Å². The molecule has 118 valence electrons. The van der Waals surface area contributed by atoms with E-state index in [0.717, 1.165) is 36.2 Å². The maximum absolute atomic E-state index is 13.4. The Kier molecular flexibility index (Phi) is 4.00. The van der Waals surface area contributed by atoms with Gasteiger partial charge in [0, 0.05) is 30.9 Å². The zero-order valence-corrected chi connectivity index (χ0v) is 12.1. The summed E-state index contributed by atoms with van der Waals surface area (Å²) < 4.78 is 26.8. The minimum atomic E-state index is -2.54. The van der Waals surface area contributed by atoms with E-state index in [1.54, 1.807) is 12.1 Å². The number of benzene rings is 1. The molecule has 1 aromatic rings. The number of hydrogen-bond acceptors (Lipinski definition) is 2. The molecular formula is C16H18F2N2O2. The van der Waals surface area contributed by atoms with E-state index in [4.69, 9.17) is 5.11 Å². The molecule has 2 N–H and O–H groups in total. The molecule has 0 unspecified atom stereocenters. The fraction of sp³-hybridized carbons (Fsp3) is 0.438. The molecule has 4 nitrogen and oxygen atoms in total.